The average Bonchev–Trinajstić information content (AvgIpc) is 3.22. The van der Waals surface area contributed by atoms with Crippen LogP contribution in [0.4, 0.5) is 11.4 Å². The number of carbonyl (C=O) groups is 1. The summed E-state index contributed by atoms with van der Waals surface area (Å²) in [6.45, 7) is 0.624. The topological polar surface area (TPSA) is 54.3 Å². The van der Waals surface area contributed by atoms with Crippen LogP contribution in [-0.2, 0) is 11.3 Å². The van der Waals surface area contributed by atoms with Crippen molar-refractivity contribution in [3.8, 4) is 0 Å². The van der Waals surface area contributed by atoms with Crippen molar-refractivity contribution in [3.63, 3.8) is 0 Å². The van der Waals surface area contributed by atoms with Gasteiger partial charge in [0.15, 0.2) is 4.67 Å². The summed E-state index contributed by atoms with van der Waals surface area (Å²) in [5.41, 5.74) is 1.83. The van der Waals surface area contributed by atoms with E-state index in [1.165, 1.54) is 0 Å². The largest absolute Gasteiger partial charge is 0.452 e. The number of anilines is 2. The Morgan fingerprint density at radius 3 is 2.45 bits per heavy atom. The van der Waals surface area contributed by atoms with E-state index in [1.54, 1.807) is 0 Å². The van der Waals surface area contributed by atoms with Crippen molar-refractivity contribution in [3.05, 3.63) is 46.8 Å². The first-order chi connectivity index (χ1) is 9.70. The van der Waals surface area contributed by atoms with E-state index in [0.717, 1.165) is 34.6 Å². The average molecular weight is 335 g/mol. The maximum atomic E-state index is 11.6. The normalized spacial score (nSPS) is 14.1. The molecule has 0 atom stereocenters. The van der Waals surface area contributed by atoms with Gasteiger partial charge in [0.2, 0.25) is 5.91 Å². The fourth-order valence-electron chi connectivity index (χ4n) is 1.90. The summed E-state index contributed by atoms with van der Waals surface area (Å²) >= 11 is 3.27. The second-order valence-corrected chi connectivity index (χ2v) is 5.68. The smallest absolute Gasteiger partial charge is 0.227 e. The minimum Gasteiger partial charge on any atom is -0.452 e. The summed E-state index contributed by atoms with van der Waals surface area (Å²) in [5, 5.41) is 6.18. The van der Waals surface area contributed by atoms with Crippen molar-refractivity contribution >= 4 is 33.2 Å². The summed E-state index contributed by atoms with van der Waals surface area (Å²) < 4.78 is 6.14. The van der Waals surface area contributed by atoms with Gasteiger partial charge in [-0.05, 0) is 65.2 Å². The molecule has 0 spiro atoms. The molecule has 1 heterocycles. The van der Waals surface area contributed by atoms with E-state index < -0.39 is 0 Å². The van der Waals surface area contributed by atoms with Crippen molar-refractivity contribution in [2.75, 3.05) is 10.6 Å². The number of amides is 1. The highest BCUT2D eigenvalue weighted by atomic mass is 79.9. The van der Waals surface area contributed by atoms with Crippen molar-refractivity contribution in [2.45, 2.75) is 19.4 Å². The van der Waals surface area contributed by atoms with Crippen LogP contribution < -0.4 is 10.6 Å². The van der Waals surface area contributed by atoms with Crippen molar-refractivity contribution < 1.29 is 9.21 Å². The molecular formula is C15H15BrN2O2. The molecule has 1 amide bonds. The molecule has 1 aromatic carbocycles. The van der Waals surface area contributed by atoms with Gasteiger partial charge >= 0.3 is 0 Å². The van der Waals surface area contributed by atoms with E-state index in [9.17, 15) is 4.79 Å². The minimum atomic E-state index is 0.131. The Labute approximate surface area is 125 Å². The first-order valence-corrected chi connectivity index (χ1v) is 7.39. The van der Waals surface area contributed by atoms with Gasteiger partial charge < -0.3 is 15.1 Å². The van der Waals surface area contributed by atoms with Crippen LogP contribution in [-0.4, -0.2) is 5.91 Å². The Bertz CT molecular complexity index is 603. The molecule has 1 saturated carbocycles. The molecule has 5 heteroatoms. The van der Waals surface area contributed by atoms with E-state index in [-0.39, 0.29) is 11.8 Å². The van der Waals surface area contributed by atoms with Gasteiger partial charge in [-0.15, -0.1) is 0 Å². The molecule has 20 heavy (non-hydrogen) atoms. The second-order valence-electron chi connectivity index (χ2n) is 4.90. The molecule has 1 fully saturated rings. The van der Waals surface area contributed by atoms with Crippen LogP contribution in [0.5, 0.6) is 0 Å². The van der Waals surface area contributed by atoms with Crippen LogP contribution in [0.2, 0.25) is 0 Å². The molecule has 0 aliphatic heterocycles. The van der Waals surface area contributed by atoms with E-state index >= 15 is 0 Å². The zero-order chi connectivity index (χ0) is 13.9. The fraction of sp³-hybridized carbons (Fsp3) is 0.267. The third kappa shape index (κ3) is 3.42. The number of hydrogen-bond acceptors (Lipinski definition) is 3. The Morgan fingerprint density at radius 1 is 1.15 bits per heavy atom. The van der Waals surface area contributed by atoms with Crippen LogP contribution in [0.3, 0.4) is 0 Å². The Balaban J connectivity index is 1.54. The van der Waals surface area contributed by atoms with Crippen LogP contribution >= 0.6 is 15.9 Å². The maximum absolute atomic E-state index is 11.6. The zero-order valence-corrected chi connectivity index (χ0v) is 12.4. The van der Waals surface area contributed by atoms with E-state index in [4.69, 9.17) is 4.42 Å². The van der Waals surface area contributed by atoms with Crippen LogP contribution in [0.1, 0.15) is 18.6 Å². The lowest BCUT2D eigenvalue weighted by atomic mass is 10.2. The molecule has 0 radical (unpaired) electrons. The number of carbonyl (C=O) groups excluding carboxylic acids is 1. The highest BCUT2D eigenvalue weighted by Crippen LogP contribution is 2.30. The van der Waals surface area contributed by atoms with Gasteiger partial charge in [0, 0.05) is 17.3 Å². The van der Waals surface area contributed by atoms with Gasteiger partial charge in [0.05, 0.1) is 6.54 Å². The van der Waals surface area contributed by atoms with E-state index in [1.807, 2.05) is 36.4 Å². The Kier molecular flexibility index (Phi) is 3.78. The molecule has 2 N–H and O–H groups in total. The molecule has 104 valence electrons. The molecule has 1 aromatic heterocycles. The first kappa shape index (κ1) is 13.2. The molecular weight excluding hydrogens is 320 g/mol. The number of benzene rings is 1. The van der Waals surface area contributed by atoms with Crippen molar-refractivity contribution in [2.24, 2.45) is 5.92 Å². The monoisotopic (exact) mass is 334 g/mol. The van der Waals surface area contributed by atoms with Crippen LogP contribution in [0.25, 0.3) is 0 Å². The first-order valence-electron chi connectivity index (χ1n) is 6.60. The number of furan rings is 1. The quantitative estimate of drug-likeness (QED) is 0.868. The van der Waals surface area contributed by atoms with Gasteiger partial charge in [0.25, 0.3) is 0 Å². The third-order valence-corrected chi connectivity index (χ3v) is 3.62. The number of nitrogens with one attached hydrogen (secondary N) is 2. The van der Waals surface area contributed by atoms with Crippen molar-refractivity contribution in [1.29, 1.82) is 0 Å². The minimum absolute atomic E-state index is 0.131. The zero-order valence-electron chi connectivity index (χ0n) is 10.9. The van der Waals surface area contributed by atoms with Crippen molar-refractivity contribution in [1.82, 2.24) is 0 Å². The molecule has 4 nitrogen and oxygen atoms in total. The highest BCUT2D eigenvalue weighted by molar-refractivity contribution is 9.10. The molecule has 1 aliphatic rings. The molecule has 3 rings (SSSR count). The van der Waals surface area contributed by atoms with E-state index in [2.05, 4.69) is 26.6 Å². The van der Waals surface area contributed by atoms with Gasteiger partial charge in [0.1, 0.15) is 5.76 Å². The number of hydrogen-bond donors (Lipinski definition) is 2. The summed E-state index contributed by atoms with van der Waals surface area (Å²) in [6.07, 6.45) is 2.04. The SMILES string of the molecule is O=C(Nc1ccc(NCc2ccc(Br)o2)cc1)C1CC1. The Hall–Kier alpha value is -1.75. The third-order valence-electron chi connectivity index (χ3n) is 3.20. The molecule has 0 saturated heterocycles. The summed E-state index contributed by atoms with van der Waals surface area (Å²) in [5.74, 6) is 1.22. The molecule has 0 unspecified atom stereocenters. The standard InChI is InChI=1S/C15H15BrN2O2/c16-14-8-7-13(20-14)9-17-11-3-5-12(6-4-11)18-15(19)10-1-2-10/h3-8,10,17H,1-2,9H2,(H,18,19). The van der Waals surface area contributed by atoms with Crippen LogP contribution in [0.15, 0.2) is 45.5 Å². The maximum Gasteiger partial charge on any atom is 0.227 e. The summed E-state index contributed by atoms with van der Waals surface area (Å²) in [4.78, 5) is 11.6. The van der Waals surface area contributed by atoms with E-state index in [0.29, 0.717) is 6.54 Å². The fourth-order valence-corrected chi connectivity index (χ4v) is 2.24. The lowest BCUT2D eigenvalue weighted by Crippen LogP contribution is -2.13. The summed E-state index contributed by atoms with van der Waals surface area (Å²) in [6, 6.07) is 11.5. The van der Waals surface area contributed by atoms with Gasteiger partial charge in [-0.3, -0.25) is 4.79 Å². The highest BCUT2D eigenvalue weighted by Gasteiger charge is 2.29. The van der Waals surface area contributed by atoms with Gasteiger partial charge in [-0.1, -0.05) is 0 Å². The predicted octanol–water partition coefficient (Wildman–Crippen LogP) is 4.00. The number of halogens is 1. The molecule has 2 aromatic rings. The molecule has 1 aliphatic carbocycles. The lowest BCUT2D eigenvalue weighted by Gasteiger charge is -2.07. The lowest BCUT2D eigenvalue weighted by molar-refractivity contribution is -0.117. The van der Waals surface area contributed by atoms with Gasteiger partial charge in [-0.2, -0.15) is 0 Å². The van der Waals surface area contributed by atoms with Crippen LogP contribution in [0, 0.1) is 5.92 Å². The molecule has 0 bridgehead atoms. The predicted molar refractivity (Wildman–Crippen MR) is 81.5 cm³/mol. The second kappa shape index (κ2) is 5.71. The number of rotatable bonds is 5. The Morgan fingerprint density at radius 2 is 1.85 bits per heavy atom. The summed E-state index contributed by atoms with van der Waals surface area (Å²) in [7, 11) is 0. The van der Waals surface area contributed by atoms with Gasteiger partial charge in [-0.25, -0.2) is 0 Å².